The number of hydrogen-bond acceptors (Lipinski definition) is 3. The fourth-order valence-electron chi connectivity index (χ4n) is 2.93. The van der Waals surface area contributed by atoms with Crippen molar-refractivity contribution in [2.45, 2.75) is 31.8 Å². The zero-order valence-corrected chi connectivity index (χ0v) is 14.1. The Kier molecular flexibility index (Phi) is 5.28. The van der Waals surface area contributed by atoms with E-state index < -0.39 is 0 Å². The lowest BCUT2D eigenvalue weighted by Crippen LogP contribution is -2.64. The maximum absolute atomic E-state index is 12.3. The number of nitrogens with one attached hydrogen (secondary N) is 1. The second kappa shape index (κ2) is 7.60. The molecule has 1 fully saturated rings. The van der Waals surface area contributed by atoms with Gasteiger partial charge in [0.15, 0.2) is 0 Å². The van der Waals surface area contributed by atoms with Crippen molar-refractivity contribution in [3.8, 4) is 0 Å². The molecule has 3 rings (SSSR count). The summed E-state index contributed by atoms with van der Waals surface area (Å²) in [5.41, 5.74) is 9.64. The number of hydrogen-bond donors (Lipinski definition) is 2. The van der Waals surface area contributed by atoms with Gasteiger partial charge in [-0.3, -0.25) is 4.79 Å². The largest absolute Gasteiger partial charge is 0.327 e. The van der Waals surface area contributed by atoms with Crippen molar-refractivity contribution in [2.24, 2.45) is 5.73 Å². The molecule has 0 aromatic heterocycles. The molecule has 0 radical (unpaired) electrons. The van der Waals surface area contributed by atoms with Crippen LogP contribution in [0.15, 0.2) is 54.6 Å². The number of carbonyl (C=O) groups excluding carboxylic acids is 1. The first-order valence-electron chi connectivity index (χ1n) is 8.54. The van der Waals surface area contributed by atoms with Gasteiger partial charge in [-0.1, -0.05) is 48.0 Å². The average Bonchev–Trinajstić information content (AvgIpc) is 2.61. The van der Waals surface area contributed by atoms with Crippen LogP contribution in [0.4, 0.5) is 5.69 Å². The van der Waals surface area contributed by atoms with Gasteiger partial charge in [-0.15, -0.1) is 0 Å². The van der Waals surface area contributed by atoms with E-state index in [0.717, 1.165) is 18.5 Å². The Hall–Kier alpha value is -2.17. The number of carbonyl (C=O) groups is 1. The normalized spacial score (nSPS) is 18.3. The second-order valence-electron chi connectivity index (χ2n) is 6.53. The molecule has 3 N–H and O–H groups in total. The Bertz CT molecular complexity index is 669. The first-order chi connectivity index (χ1) is 11.6. The zero-order chi connectivity index (χ0) is 16.9. The fraction of sp³-hybridized carbons (Fsp3) is 0.350. The van der Waals surface area contributed by atoms with E-state index in [1.54, 1.807) is 0 Å². The molecular weight excluding hydrogens is 298 g/mol. The number of rotatable bonds is 7. The van der Waals surface area contributed by atoms with Crippen LogP contribution in [0.2, 0.25) is 0 Å². The predicted molar refractivity (Wildman–Crippen MR) is 98.1 cm³/mol. The van der Waals surface area contributed by atoms with E-state index in [2.05, 4.69) is 17.4 Å². The number of β-lactam (4-membered cyclic amide) rings is 1. The highest BCUT2D eigenvalue weighted by Crippen LogP contribution is 2.22. The molecule has 1 heterocycles. The number of benzene rings is 2. The Morgan fingerprint density at radius 1 is 1.17 bits per heavy atom. The molecule has 126 valence electrons. The Morgan fingerprint density at radius 3 is 2.54 bits per heavy atom. The Labute approximate surface area is 143 Å². The average molecular weight is 323 g/mol. The quantitative estimate of drug-likeness (QED) is 0.769. The van der Waals surface area contributed by atoms with Gasteiger partial charge in [0.1, 0.15) is 6.04 Å². The van der Waals surface area contributed by atoms with Crippen molar-refractivity contribution in [1.29, 1.82) is 0 Å². The molecule has 1 aliphatic rings. The SMILES string of the molecule is Cc1ccc(N2C[C@@H](NC[C@@H](N)CCc3ccccc3)C2=O)cc1. The summed E-state index contributed by atoms with van der Waals surface area (Å²) < 4.78 is 0. The van der Waals surface area contributed by atoms with E-state index in [9.17, 15) is 4.79 Å². The van der Waals surface area contributed by atoms with Crippen LogP contribution < -0.4 is 16.0 Å². The first-order valence-corrected chi connectivity index (χ1v) is 8.54. The van der Waals surface area contributed by atoms with Gasteiger partial charge in [-0.05, 0) is 37.5 Å². The Morgan fingerprint density at radius 2 is 1.88 bits per heavy atom. The van der Waals surface area contributed by atoms with Gasteiger partial charge < -0.3 is 16.0 Å². The number of nitrogens with zero attached hydrogens (tertiary/aromatic N) is 1. The van der Waals surface area contributed by atoms with Gasteiger partial charge in [0.2, 0.25) is 5.91 Å². The molecule has 0 unspecified atom stereocenters. The monoisotopic (exact) mass is 323 g/mol. The van der Waals surface area contributed by atoms with Crippen molar-refractivity contribution in [3.05, 3.63) is 65.7 Å². The molecule has 1 amide bonds. The standard InChI is InChI=1S/C20H25N3O/c1-15-7-11-18(12-8-15)23-14-19(20(23)24)22-13-17(21)10-9-16-5-3-2-4-6-16/h2-8,11-12,17,19,22H,9-10,13-14,21H2,1H3/t17-,19+/m0/s1. The van der Waals surface area contributed by atoms with Crippen molar-refractivity contribution < 1.29 is 4.79 Å². The highest BCUT2D eigenvalue weighted by atomic mass is 16.2. The van der Waals surface area contributed by atoms with Gasteiger partial charge in [0, 0.05) is 18.3 Å². The minimum atomic E-state index is -0.103. The summed E-state index contributed by atoms with van der Waals surface area (Å²) in [6.07, 6.45) is 1.89. The second-order valence-corrected chi connectivity index (χ2v) is 6.53. The molecule has 24 heavy (non-hydrogen) atoms. The highest BCUT2D eigenvalue weighted by Gasteiger charge is 2.37. The van der Waals surface area contributed by atoms with E-state index in [0.29, 0.717) is 13.1 Å². The molecule has 0 aliphatic carbocycles. The third kappa shape index (κ3) is 4.02. The highest BCUT2D eigenvalue weighted by molar-refractivity contribution is 6.04. The zero-order valence-electron chi connectivity index (χ0n) is 14.1. The van der Waals surface area contributed by atoms with Crippen molar-refractivity contribution in [2.75, 3.05) is 18.0 Å². The minimum Gasteiger partial charge on any atom is -0.327 e. The van der Waals surface area contributed by atoms with Crippen LogP contribution in [0.5, 0.6) is 0 Å². The van der Waals surface area contributed by atoms with Crippen LogP contribution in [0.25, 0.3) is 0 Å². The molecule has 0 spiro atoms. The van der Waals surface area contributed by atoms with Gasteiger partial charge in [-0.25, -0.2) is 0 Å². The van der Waals surface area contributed by atoms with Crippen LogP contribution >= 0.6 is 0 Å². The summed E-state index contributed by atoms with van der Waals surface area (Å²) in [6, 6.07) is 18.4. The van der Waals surface area contributed by atoms with E-state index in [1.165, 1.54) is 11.1 Å². The summed E-state index contributed by atoms with van der Waals surface area (Å²) in [6.45, 7) is 3.43. The van der Waals surface area contributed by atoms with Crippen molar-refractivity contribution in [3.63, 3.8) is 0 Å². The molecule has 2 aromatic carbocycles. The van der Waals surface area contributed by atoms with Gasteiger partial charge in [0.25, 0.3) is 0 Å². The lowest BCUT2D eigenvalue weighted by atomic mass is 10.0. The van der Waals surface area contributed by atoms with Crippen LogP contribution in [-0.4, -0.2) is 31.1 Å². The Balaban J connectivity index is 1.40. The van der Waals surface area contributed by atoms with E-state index in [1.807, 2.05) is 54.3 Å². The molecule has 4 heteroatoms. The van der Waals surface area contributed by atoms with E-state index in [4.69, 9.17) is 5.73 Å². The molecule has 4 nitrogen and oxygen atoms in total. The van der Waals surface area contributed by atoms with Crippen LogP contribution in [-0.2, 0) is 11.2 Å². The van der Waals surface area contributed by atoms with Gasteiger partial charge in [-0.2, -0.15) is 0 Å². The lowest BCUT2D eigenvalue weighted by Gasteiger charge is -2.39. The van der Waals surface area contributed by atoms with Gasteiger partial charge in [0.05, 0.1) is 6.54 Å². The van der Waals surface area contributed by atoms with Crippen molar-refractivity contribution in [1.82, 2.24) is 5.32 Å². The molecule has 2 aromatic rings. The molecule has 0 bridgehead atoms. The lowest BCUT2D eigenvalue weighted by molar-refractivity contribution is -0.124. The fourth-order valence-corrected chi connectivity index (χ4v) is 2.93. The first kappa shape index (κ1) is 16.7. The molecular formula is C20H25N3O. The molecule has 1 saturated heterocycles. The third-order valence-corrected chi connectivity index (χ3v) is 4.55. The van der Waals surface area contributed by atoms with Crippen molar-refractivity contribution >= 4 is 11.6 Å². The number of amides is 1. The molecule has 0 saturated carbocycles. The van der Waals surface area contributed by atoms with E-state index in [-0.39, 0.29) is 18.0 Å². The summed E-state index contributed by atoms with van der Waals surface area (Å²) in [5, 5.41) is 3.30. The predicted octanol–water partition coefficient (Wildman–Crippen LogP) is 2.26. The van der Waals surface area contributed by atoms with Crippen LogP contribution in [0.3, 0.4) is 0 Å². The summed E-state index contributed by atoms with van der Waals surface area (Å²) in [5.74, 6) is 0.133. The smallest absolute Gasteiger partial charge is 0.246 e. The molecule has 2 atom stereocenters. The van der Waals surface area contributed by atoms with Crippen LogP contribution in [0.1, 0.15) is 17.5 Å². The number of anilines is 1. The molecule has 1 aliphatic heterocycles. The summed E-state index contributed by atoms with van der Waals surface area (Å²) in [4.78, 5) is 14.1. The number of nitrogens with two attached hydrogens (primary N) is 1. The van der Waals surface area contributed by atoms with E-state index >= 15 is 0 Å². The van der Waals surface area contributed by atoms with Gasteiger partial charge >= 0.3 is 0 Å². The maximum atomic E-state index is 12.3. The maximum Gasteiger partial charge on any atom is 0.246 e. The third-order valence-electron chi connectivity index (χ3n) is 4.55. The summed E-state index contributed by atoms with van der Waals surface area (Å²) in [7, 11) is 0. The summed E-state index contributed by atoms with van der Waals surface area (Å²) >= 11 is 0. The van der Waals surface area contributed by atoms with Crippen LogP contribution in [0, 0.1) is 6.92 Å². The topological polar surface area (TPSA) is 58.4 Å². The number of aryl methyl sites for hydroxylation is 2. The minimum absolute atomic E-state index is 0.0615.